The minimum atomic E-state index is -3.55. The molecule has 3 aliphatic rings. The summed E-state index contributed by atoms with van der Waals surface area (Å²) < 4.78 is 38.9. The quantitative estimate of drug-likeness (QED) is 0.832. The lowest BCUT2D eigenvalue weighted by atomic mass is 10.1. The van der Waals surface area contributed by atoms with Gasteiger partial charge in [-0.25, -0.2) is 13.1 Å². The molecular formula is C21H22N2O5S. The van der Waals surface area contributed by atoms with Gasteiger partial charge in [-0.05, 0) is 61.2 Å². The average molecular weight is 414 g/mol. The molecule has 2 heterocycles. The maximum Gasteiger partial charge on any atom is 0.258 e. The molecule has 0 atom stereocenters. The van der Waals surface area contributed by atoms with Gasteiger partial charge in [0.15, 0.2) is 11.5 Å². The van der Waals surface area contributed by atoms with Crippen LogP contribution in [0.25, 0.3) is 0 Å². The van der Waals surface area contributed by atoms with Crippen molar-refractivity contribution in [2.24, 2.45) is 0 Å². The molecule has 152 valence electrons. The Morgan fingerprint density at radius 2 is 1.83 bits per heavy atom. The molecule has 0 saturated heterocycles. The number of anilines is 1. The summed E-state index contributed by atoms with van der Waals surface area (Å²) in [6, 6.07) is 10.2. The monoisotopic (exact) mass is 414 g/mol. The van der Waals surface area contributed by atoms with Crippen molar-refractivity contribution in [3.63, 3.8) is 0 Å². The number of benzene rings is 2. The summed E-state index contributed by atoms with van der Waals surface area (Å²) >= 11 is 0. The fourth-order valence-corrected chi connectivity index (χ4v) is 5.63. The van der Waals surface area contributed by atoms with Gasteiger partial charge in [0.25, 0.3) is 5.91 Å². The number of hydrogen-bond acceptors (Lipinski definition) is 5. The summed E-state index contributed by atoms with van der Waals surface area (Å²) in [7, 11) is -3.55. The molecular weight excluding hydrogens is 392 g/mol. The fourth-order valence-electron chi connectivity index (χ4n) is 4.27. The van der Waals surface area contributed by atoms with E-state index in [1.165, 1.54) is 0 Å². The van der Waals surface area contributed by atoms with Gasteiger partial charge in [-0.3, -0.25) is 4.79 Å². The molecule has 0 radical (unpaired) electrons. The number of nitrogens with one attached hydrogen (secondary N) is 1. The fraction of sp³-hybridized carbons (Fsp3) is 0.381. The van der Waals surface area contributed by atoms with Gasteiger partial charge in [-0.15, -0.1) is 0 Å². The lowest BCUT2D eigenvalue weighted by Gasteiger charge is -2.18. The van der Waals surface area contributed by atoms with Crippen LogP contribution in [0.2, 0.25) is 0 Å². The summed E-state index contributed by atoms with van der Waals surface area (Å²) in [6.07, 6.45) is 4.53. The second kappa shape index (κ2) is 7.03. The Bertz CT molecular complexity index is 1080. The predicted molar refractivity (Wildman–Crippen MR) is 107 cm³/mol. The van der Waals surface area contributed by atoms with Gasteiger partial charge in [0, 0.05) is 23.8 Å². The molecule has 1 fully saturated rings. The van der Waals surface area contributed by atoms with Gasteiger partial charge < -0.3 is 14.4 Å². The van der Waals surface area contributed by atoms with Crippen LogP contribution in [0, 0.1) is 0 Å². The maximum absolute atomic E-state index is 13.0. The number of ether oxygens (including phenoxy) is 2. The van der Waals surface area contributed by atoms with E-state index in [4.69, 9.17) is 9.47 Å². The summed E-state index contributed by atoms with van der Waals surface area (Å²) in [5, 5.41) is 0. The molecule has 2 aromatic carbocycles. The van der Waals surface area contributed by atoms with Crippen LogP contribution in [0.5, 0.6) is 11.5 Å². The zero-order chi connectivity index (χ0) is 20.0. The smallest absolute Gasteiger partial charge is 0.258 e. The van der Waals surface area contributed by atoms with Crippen molar-refractivity contribution in [2.45, 2.75) is 43.0 Å². The van der Waals surface area contributed by atoms with E-state index >= 15 is 0 Å². The molecule has 0 aromatic heterocycles. The van der Waals surface area contributed by atoms with Crippen LogP contribution in [-0.2, 0) is 16.4 Å². The molecule has 0 spiro atoms. The number of rotatable bonds is 4. The highest BCUT2D eigenvalue weighted by atomic mass is 32.2. The second-order valence-corrected chi connectivity index (χ2v) is 9.38. The molecule has 1 aliphatic carbocycles. The van der Waals surface area contributed by atoms with Gasteiger partial charge in [-0.2, -0.15) is 0 Å². The van der Waals surface area contributed by atoms with Crippen LogP contribution in [-0.4, -0.2) is 33.7 Å². The van der Waals surface area contributed by atoms with E-state index in [1.807, 2.05) is 0 Å². The zero-order valence-corrected chi connectivity index (χ0v) is 16.7. The van der Waals surface area contributed by atoms with Gasteiger partial charge >= 0.3 is 0 Å². The molecule has 7 nitrogen and oxygen atoms in total. The van der Waals surface area contributed by atoms with Gasteiger partial charge in [0.2, 0.25) is 16.8 Å². The molecule has 2 aliphatic heterocycles. The molecule has 2 aromatic rings. The first-order chi connectivity index (χ1) is 14.0. The Balaban J connectivity index is 1.38. The molecule has 1 saturated carbocycles. The predicted octanol–water partition coefficient (Wildman–Crippen LogP) is 2.84. The molecule has 5 rings (SSSR count). The van der Waals surface area contributed by atoms with E-state index < -0.39 is 10.0 Å². The van der Waals surface area contributed by atoms with Crippen LogP contribution in [0.4, 0.5) is 5.69 Å². The van der Waals surface area contributed by atoms with E-state index in [2.05, 4.69) is 4.72 Å². The number of hydrogen-bond donors (Lipinski definition) is 1. The zero-order valence-electron chi connectivity index (χ0n) is 15.9. The minimum absolute atomic E-state index is 0.0253. The third-order valence-corrected chi connectivity index (χ3v) is 7.32. The van der Waals surface area contributed by atoms with Crippen LogP contribution in [0.15, 0.2) is 41.3 Å². The van der Waals surface area contributed by atoms with Crippen LogP contribution in [0.1, 0.15) is 41.6 Å². The molecule has 1 N–H and O–H groups in total. The van der Waals surface area contributed by atoms with E-state index in [0.717, 1.165) is 36.9 Å². The summed E-state index contributed by atoms with van der Waals surface area (Å²) in [5.41, 5.74) is 2.14. The third-order valence-electron chi connectivity index (χ3n) is 5.80. The van der Waals surface area contributed by atoms with E-state index in [-0.39, 0.29) is 23.6 Å². The summed E-state index contributed by atoms with van der Waals surface area (Å²) in [6.45, 7) is 0.674. The van der Waals surface area contributed by atoms with E-state index in [9.17, 15) is 13.2 Å². The molecule has 0 unspecified atom stereocenters. The van der Waals surface area contributed by atoms with Crippen LogP contribution in [0.3, 0.4) is 0 Å². The standard InChI is InChI=1S/C21H22N2O5S/c24-21(15-5-8-19-20(12-15)28-13-27-19)23-10-9-14-11-17(6-7-18(14)23)29(25,26)22-16-3-1-2-4-16/h5-8,11-12,16,22H,1-4,9-10,13H2. The molecule has 29 heavy (non-hydrogen) atoms. The first-order valence-corrected chi connectivity index (χ1v) is 11.4. The van der Waals surface area contributed by atoms with Gasteiger partial charge in [0.1, 0.15) is 0 Å². The number of carbonyl (C=O) groups excluding carboxylic acids is 1. The van der Waals surface area contributed by atoms with Gasteiger partial charge in [-0.1, -0.05) is 12.8 Å². The lowest BCUT2D eigenvalue weighted by Crippen LogP contribution is -2.32. The molecule has 0 bridgehead atoms. The Morgan fingerprint density at radius 3 is 2.66 bits per heavy atom. The van der Waals surface area contributed by atoms with Crippen molar-refractivity contribution in [3.05, 3.63) is 47.5 Å². The van der Waals surface area contributed by atoms with Crippen LogP contribution < -0.4 is 19.1 Å². The Kier molecular flexibility index (Phi) is 4.48. The second-order valence-electron chi connectivity index (χ2n) is 7.67. The molecule has 8 heteroatoms. The van der Waals surface area contributed by atoms with Crippen LogP contribution >= 0.6 is 0 Å². The van der Waals surface area contributed by atoms with Crippen molar-refractivity contribution in [3.8, 4) is 11.5 Å². The number of nitrogens with zero attached hydrogens (tertiary/aromatic N) is 1. The highest BCUT2D eigenvalue weighted by Gasteiger charge is 2.29. The highest BCUT2D eigenvalue weighted by Crippen LogP contribution is 2.35. The highest BCUT2D eigenvalue weighted by molar-refractivity contribution is 7.89. The van der Waals surface area contributed by atoms with E-state index in [1.54, 1.807) is 41.3 Å². The Labute approximate surface area is 169 Å². The Morgan fingerprint density at radius 1 is 1.03 bits per heavy atom. The van der Waals surface area contributed by atoms with Crippen molar-refractivity contribution < 1.29 is 22.7 Å². The van der Waals surface area contributed by atoms with Gasteiger partial charge in [0.05, 0.1) is 4.90 Å². The average Bonchev–Trinajstić information content (AvgIpc) is 3.46. The number of fused-ring (bicyclic) bond motifs is 2. The van der Waals surface area contributed by atoms with Crippen molar-refractivity contribution in [2.75, 3.05) is 18.2 Å². The first-order valence-electron chi connectivity index (χ1n) is 9.88. The van der Waals surface area contributed by atoms with E-state index in [0.29, 0.717) is 30.0 Å². The van der Waals surface area contributed by atoms with Crippen molar-refractivity contribution in [1.29, 1.82) is 0 Å². The summed E-state index contributed by atoms with van der Waals surface area (Å²) in [5.74, 6) is 1.06. The third kappa shape index (κ3) is 3.36. The normalized spacial score (nSPS) is 18.3. The maximum atomic E-state index is 13.0. The first kappa shape index (κ1) is 18.4. The lowest BCUT2D eigenvalue weighted by molar-refractivity contribution is 0.0989. The van der Waals surface area contributed by atoms with Crippen molar-refractivity contribution in [1.82, 2.24) is 4.72 Å². The SMILES string of the molecule is O=C(c1ccc2c(c1)OCO2)N1CCc2cc(S(=O)(=O)NC3CCCC3)ccc21. The summed E-state index contributed by atoms with van der Waals surface area (Å²) in [4.78, 5) is 15.0. The molecule has 1 amide bonds. The largest absolute Gasteiger partial charge is 0.454 e. The minimum Gasteiger partial charge on any atom is -0.454 e. The topological polar surface area (TPSA) is 84.9 Å². The number of amides is 1. The Hall–Kier alpha value is -2.58. The van der Waals surface area contributed by atoms with Crippen molar-refractivity contribution >= 4 is 21.6 Å². The number of carbonyl (C=O) groups is 1. The number of sulfonamides is 1.